The Morgan fingerprint density at radius 3 is 2.53 bits per heavy atom. The zero-order chi connectivity index (χ0) is 22.9. The molecule has 0 aliphatic carbocycles. The molecule has 0 saturated carbocycles. The van der Waals surface area contributed by atoms with Gasteiger partial charge in [0, 0.05) is 42.2 Å². The molecule has 1 aliphatic rings. The Labute approximate surface area is 189 Å². The van der Waals surface area contributed by atoms with Gasteiger partial charge in [0.05, 0.1) is 12.5 Å². The summed E-state index contributed by atoms with van der Waals surface area (Å²) in [7, 11) is 1.64. The molecule has 2 aromatic heterocycles. The van der Waals surface area contributed by atoms with Crippen LogP contribution in [-0.2, 0) is 10.2 Å². The van der Waals surface area contributed by atoms with Crippen molar-refractivity contribution in [2.24, 2.45) is 0 Å². The number of amides is 1. The number of hydrogen-bond acceptors (Lipinski definition) is 5. The number of pyridine rings is 2. The summed E-state index contributed by atoms with van der Waals surface area (Å²) in [5.41, 5.74) is 10.2. The van der Waals surface area contributed by atoms with Crippen LogP contribution in [0.2, 0.25) is 0 Å². The van der Waals surface area contributed by atoms with E-state index in [9.17, 15) is 4.79 Å². The van der Waals surface area contributed by atoms with Gasteiger partial charge in [-0.1, -0.05) is 12.1 Å². The molecular formula is C26H30N4O2. The van der Waals surface area contributed by atoms with Gasteiger partial charge in [-0.15, -0.1) is 0 Å². The number of aromatic nitrogens is 2. The van der Waals surface area contributed by atoms with Gasteiger partial charge in [-0.2, -0.15) is 0 Å². The summed E-state index contributed by atoms with van der Waals surface area (Å²) in [5, 5.41) is 0. The number of ether oxygens (including phenoxy) is 1. The molecule has 32 heavy (non-hydrogen) atoms. The number of likely N-dealkylation sites (tertiary alicyclic amines) is 1. The van der Waals surface area contributed by atoms with Crippen molar-refractivity contribution in [1.82, 2.24) is 14.9 Å². The summed E-state index contributed by atoms with van der Waals surface area (Å²) in [6.07, 6.45) is 2.69. The Balaban J connectivity index is 1.52. The number of carbonyl (C=O) groups excluding carboxylic acids is 1. The second-order valence-electron chi connectivity index (χ2n) is 8.98. The average Bonchev–Trinajstić information content (AvgIpc) is 3.29. The minimum atomic E-state index is -0.609. The van der Waals surface area contributed by atoms with Crippen molar-refractivity contribution in [2.45, 2.75) is 38.5 Å². The highest BCUT2D eigenvalue weighted by Crippen LogP contribution is 2.34. The monoisotopic (exact) mass is 430 g/mol. The summed E-state index contributed by atoms with van der Waals surface area (Å²) in [6, 6.07) is 15.7. The van der Waals surface area contributed by atoms with Crippen LogP contribution in [0.5, 0.6) is 5.75 Å². The fraction of sp³-hybridized carbons (Fsp3) is 0.346. The summed E-state index contributed by atoms with van der Waals surface area (Å²) in [5.74, 6) is 1.65. The Bertz CT molecular complexity index is 1110. The van der Waals surface area contributed by atoms with Crippen LogP contribution in [0.15, 0.2) is 54.7 Å². The highest BCUT2D eigenvalue weighted by Gasteiger charge is 2.37. The maximum Gasteiger partial charge on any atom is 0.232 e. The van der Waals surface area contributed by atoms with E-state index in [1.807, 2.05) is 62.1 Å². The van der Waals surface area contributed by atoms with E-state index in [1.54, 1.807) is 13.3 Å². The van der Waals surface area contributed by atoms with Crippen LogP contribution in [0.3, 0.4) is 0 Å². The maximum atomic E-state index is 13.4. The molecular weight excluding hydrogens is 400 g/mol. The zero-order valence-electron chi connectivity index (χ0n) is 19.1. The molecule has 6 heteroatoms. The predicted octanol–water partition coefficient (Wildman–Crippen LogP) is 4.34. The van der Waals surface area contributed by atoms with Crippen molar-refractivity contribution in [3.05, 3.63) is 71.7 Å². The van der Waals surface area contributed by atoms with Gasteiger partial charge in [0.25, 0.3) is 0 Å². The molecule has 1 unspecified atom stereocenters. The van der Waals surface area contributed by atoms with E-state index in [4.69, 9.17) is 15.5 Å². The summed E-state index contributed by atoms with van der Waals surface area (Å²) >= 11 is 0. The Hall–Kier alpha value is -3.41. The number of anilines is 1. The number of hydrogen-bond donors (Lipinski definition) is 1. The second kappa shape index (κ2) is 8.61. The van der Waals surface area contributed by atoms with Crippen molar-refractivity contribution < 1.29 is 9.53 Å². The van der Waals surface area contributed by atoms with Gasteiger partial charge in [0.15, 0.2) is 0 Å². The minimum absolute atomic E-state index is 0.140. The van der Waals surface area contributed by atoms with E-state index < -0.39 is 5.41 Å². The molecule has 1 aliphatic heterocycles. The van der Waals surface area contributed by atoms with Gasteiger partial charge in [0.2, 0.25) is 5.91 Å². The molecule has 1 aromatic carbocycles. The van der Waals surface area contributed by atoms with E-state index in [0.717, 1.165) is 46.8 Å². The van der Waals surface area contributed by atoms with Crippen LogP contribution >= 0.6 is 0 Å². The van der Waals surface area contributed by atoms with Crippen LogP contribution in [-0.4, -0.2) is 41.0 Å². The molecule has 0 spiro atoms. The molecule has 4 rings (SSSR count). The van der Waals surface area contributed by atoms with Gasteiger partial charge < -0.3 is 15.4 Å². The lowest BCUT2D eigenvalue weighted by Crippen LogP contribution is -2.42. The topological polar surface area (TPSA) is 81.3 Å². The van der Waals surface area contributed by atoms with Crippen LogP contribution in [0.4, 0.5) is 5.82 Å². The number of rotatable bonds is 5. The quantitative estimate of drug-likeness (QED) is 0.651. The van der Waals surface area contributed by atoms with Crippen molar-refractivity contribution in [3.63, 3.8) is 0 Å². The van der Waals surface area contributed by atoms with Crippen LogP contribution < -0.4 is 10.5 Å². The number of benzene rings is 1. The molecule has 6 nitrogen and oxygen atoms in total. The fourth-order valence-corrected chi connectivity index (χ4v) is 4.36. The van der Waals surface area contributed by atoms with Crippen molar-refractivity contribution in [3.8, 4) is 16.9 Å². The molecule has 3 aromatic rings. The molecule has 1 amide bonds. The standard InChI is InChI=1S/C26H30N4O2/c1-17-13-20(18-5-10-24(27)28-15-18)14-23(29-17)19-11-12-30(16-19)25(31)26(2,3)21-6-8-22(32-4)9-7-21/h5-10,13-15,19H,11-12,16H2,1-4H3,(H2,27,28). The first-order valence-corrected chi connectivity index (χ1v) is 10.9. The normalized spacial score (nSPS) is 16.2. The summed E-state index contributed by atoms with van der Waals surface area (Å²) in [6.45, 7) is 7.39. The van der Waals surface area contributed by atoms with Crippen LogP contribution in [0, 0.1) is 6.92 Å². The van der Waals surface area contributed by atoms with Gasteiger partial charge in [-0.3, -0.25) is 9.78 Å². The zero-order valence-corrected chi connectivity index (χ0v) is 19.1. The number of methoxy groups -OCH3 is 1. The lowest BCUT2D eigenvalue weighted by Gasteiger charge is -2.30. The second-order valence-corrected chi connectivity index (χ2v) is 8.98. The van der Waals surface area contributed by atoms with E-state index in [1.165, 1.54) is 0 Å². The van der Waals surface area contributed by atoms with E-state index in [-0.39, 0.29) is 11.8 Å². The molecule has 0 radical (unpaired) electrons. The predicted molar refractivity (Wildman–Crippen MR) is 127 cm³/mol. The van der Waals surface area contributed by atoms with Gasteiger partial charge >= 0.3 is 0 Å². The number of nitrogen functional groups attached to an aromatic ring is 1. The SMILES string of the molecule is COc1ccc(C(C)(C)C(=O)N2CCC(c3cc(-c4ccc(N)nc4)cc(C)n3)C2)cc1. The largest absolute Gasteiger partial charge is 0.497 e. The lowest BCUT2D eigenvalue weighted by molar-refractivity contribution is -0.135. The first-order chi connectivity index (χ1) is 15.3. The van der Waals surface area contributed by atoms with Gasteiger partial charge in [-0.05, 0) is 74.7 Å². The summed E-state index contributed by atoms with van der Waals surface area (Å²) < 4.78 is 5.25. The van der Waals surface area contributed by atoms with Gasteiger partial charge in [-0.25, -0.2) is 4.98 Å². The van der Waals surface area contributed by atoms with Crippen LogP contribution in [0.1, 0.15) is 43.1 Å². The summed E-state index contributed by atoms with van der Waals surface area (Å²) in [4.78, 5) is 24.4. The van der Waals surface area contributed by atoms with Gasteiger partial charge in [0.1, 0.15) is 11.6 Å². The van der Waals surface area contributed by atoms with E-state index in [2.05, 4.69) is 17.1 Å². The number of nitrogens with two attached hydrogens (primary N) is 1. The number of nitrogens with zero attached hydrogens (tertiary/aromatic N) is 3. The number of carbonyl (C=O) groups is 1. The molecule has 2 N–H and O–H groups in total. The molecule has 166 valence electrons. The highest BCUT2D eigenvalue weighted by molar-refractivity contribution is 5.87. The molecule has 1 fully saturated rings. The van der Waals surface area contributed by atoms with Crippen molar-refractivity contribution in [1.29, 1.82) is 0 Å². The average molecular weight is 431 g/mol. The molecule has 0 bridgehead atoms. The smallest absolute Gasteiger partial charge is 0.232 e. The first kappa shape index (κ1) is 21.8. The molecule has 1 saturated heterocycles. The number of aryl methyl sites for hydroxylation is 1. The Morgan fingerprint density at radius 1 is 1.12 bits per heavy atom. The van der Waals surface area contributed by atoms with E-state index >= 15 is 0 Å². The molecule has 1 atom stereocenters. The van der Waals surface area contributed by atoms with Crippen molar-refractivity contribution in [2.75, 3.05) is 25.9 Å². The third-order valence-corrected chi connectivity index (χ3v) is 6.33. The first-order valence-electron chi connectivity index (χ1n) is 10.9. The fourth-order valence-electron chi connectivity index (χ4n) is 4.36. The third kappa shape index (κ3) is 4.31. The Kier molecular flexibility index (Phi) is 5.87. The Morgan fingerprint density at radius 2 is 1.88 bits per heavy atom. The minimum Gasteiger partial charge on any atom is -0.497 e. The van der Waals surface area contributed by atoms with Crippen LogP contribution in [0.25, 0.3) is 11.1 Å². The highest BCUT2D eigenvalue weighted by atomic mass is 16.5. The molecule has 3 heterocycles. The lowest BCUT2D eigenvalue weighted by atomic mass is 9.83. The van der Waals surface area contributed by atoms with E-state index in [0.29, 0.717) is 12.4 Å². The van der Waals surface area contributed by atoms with Crippen molar-refractivity contribution >= 4 is 11.7 Å². The third-order valence-electron chi connectivity index (χ3n) is 6.33. The maximum absolute atomic E-state index is 13.4.